The Kier molecular flexibility index (Phi) is 3.76. The van der Waals surface area contributed by atoms with Gasteiger partial charge in [-0.25, -0.2) is 0 Å². The normalized spacial score (nSPS) is 9.69. The van der Waals surface area contributed by atoms with E-state index < -0.39 is 0 Å². The summed E-state index contributed by atoms with van der Waals surface area (Å²) in [5, 5.41) is 0.0804. The van der Waals surface area contributed by atoms with Crippen LogP contribution in [0.2, 0.25) is 0 Å². The fourth-order valence-corrected chi connectivity index (χ4v) is 1.49. The van der Waals surface area contributed by atoms with Crippen molar-refractivity contribution in [3.05, 3.63) is 30.1 Å². The van der Waals surface area contributed by atoms with Crippen molar-refractivity contribution in [1.82, 2.24) is 9.88 Å². The molecule has 1 aromatic heterocycles. The quantitative estimate of drug-likeness (QED) is 0.725. The first kappa shape index (κ1) is 10.1. The second kappa shape index (κ2) is 4.87. The van der Waals surface area contributed by atoms with Gasteiger partial charge in [0.05, 0.1) is 0 Å². The van der Waals surface area contributed by atoms with Gasteiger partial charge < -0.3 is 4.90 Å². The molecule has 0 bridgehead atoms. The fraction of sp³-hybridized carbons (Fsp3) is 0.333. The van der Waals surface area contributed by atoms with Crippen molar-refractivity contribution in [2.75, 3.05) is 14.1 Å². The number of aromatic nitrogens is 1. The molecule has 1 aromatic rings. The molecule has 0 saturated heterocycles. The fourth-order valence-electron chi connectivity index (χ4n) is 0.753. The van der Waals surface area contributed by atoms with Crippen molar-refractivity contribution in [2.24, 2.45) is 0 Å². The summed E-state index contributed by atoms with van der Waals surface area (Å²) in [6.07, 6.45) is 3.46. The summed E-state index contributed by atoms with van der Waals surface area (Å²) >= 11 is 1.30. The number of rotatable bonds is 2. The molecule has 0 aliphatic carbocycles. The standard InChI is InChI=1S/C9H12N2OS/c1-11(2)9(12)13-7-8-3-5-10-6-4-8/h3-6H,7H2,1-2H3. The molecule has 0 N–H and O–H groups in total. The number of nitrogens with zero attached hydrogens (tertiary/aromatic N) is 2. The van der Waals surface area contributed by atoms with E-state index in [-0.39, 0.29) is 5.24 Å². The molecule has 0 aliphatic rings. The zero-order valence-corrected chi connectivity index (χ0v) is 8.54. The van der Waals surface area contributed by atoms with E-state index in [1.54, 1.807) is 31.4 Å². The summed E-state index contributed by atoms with van der Waals surface area (Å²) in [4.78, 5) is 16.7. The molecule has 0 atom stereocenters. The molecular weight excluding hydrogens is 184 g/mol. The van der Waals surface area contributed by atoms with Crippen molar-refractivity contribution in [3.8, 4) is 0 Å². The summed E-state index contributed by atoms with van der Waals surface area (Å²) in [5.41, 5.74) is 1.12. The van der Waals surface area contributed by atoms with Crippen LogP contribution in [-0.2, 0) is 5.75 Å². The third-order valence-corrected chi connectivity index (χ3v) is 2.57. The van der Waals surface area contributed by atoms with Crippen LogP contribution in [0.3, 0.4) is 0 Å². The molecule has 0 spiro atoms. The average molecular weight is 196 g/mol. The van der Waals surface area contributed by atoms with Crippen molar-refractivity contribution in [3.63, 3.8) is 0 Å². The van der Waals surface area contributed by atoms with E-state index in [2.05, 4.69) is 4.98 Å². The van der Waals surface area contributed by atoms with Crippen LogP contribution in [0, 0.1) is 0 Å². The lowest BCUT2D eigenvalue weighted by molar-refractivity contribution is 0.241. The van der Waals surface area contributed by atoms with Gasteiger partial charge in [-0.05, 0) is 17.7 Å². The van der Waals surface area contributed by atoms with E-state index in [1.165, 1.54) is 11.8 Å². The number of thioether (sulfide) groups is 1. The molecule has 4 heteroatoms. The number of carbonyl (C=O) groups is 1. The molecule has 1 amide bonds. The van der Waals surface area contributed by atoms with E-state index in [4.69, 9.17) is 0 Å². The van der Waals surface area contributed by atoms with Gasteiger partial charge in [0.15, 0.2) is 0 Å². The minimum Gasteiger partial charge on any atom is -0.340 e. The maximum absolute atomic E-state index is 11.2. The summed E-state index contributed by atoms with van der Waals surface area (Å²) in [6.45, 7) is 0. The Bertz CT molecular complexity index is 274. The van der Waals surface area contributed by atoms with Crippen molar-refractivity contribution >= 4 is 17.0 Å². The summed E-state index contributed by atoms with van der Waals surface area (Å²) in [6, 6.07) is 3.83. The van der Waals surface area contributed by atoms with Crippen molar-refractivity contribution < 1.29 is 4.79 Å². The third kappa shape index (κ3) is 3.46. The third-order valence-electron chi connectivity index (χ3n) is 1.48. The van der Waals surface area contributed by atoms with Crippen LogP contribution in [0.15, 0.2) is 24.5 Å². The number of pyridine rings is 1. The van der Waals surface area contributed by atoms with Crippen LogP contribution >= 0.6 is 11.8 Å². The lowest BCUT2D eigenvalue weighted by Gasteiger charge is -2.08. The van der Waals surface area contributed by atoms with E-state index in [9.17, 15) is 4.79 Å². The van der Waals surface area contributed by atoms with Crippen LogP contribution in [0.1, 0.15) is 5.56 Å². The van der Waals surface area contributed by atoms with Gasteiger partial charge in [0, 0.05) is 32.2 Å². The molecule has 3 nitrogen and oxygen atoms in total. The Labute approximate surface area is 82.2 Å². The molecule has 1 rings (SSSR count). The summed E-state index contributed by atoms with van der Waals surface area (Å²) < 4.78 is 0. The lowest BCUT2D eigenvalue weighted by atomic mass is 10.3. The van der Waals surface area contributed by atoms with Crippen LogP contribution in [0.4, 0.5) is 4.79 Å². The van der Waals surface area contributed by atoms with E-state index in [0.29, 0.717) is 5.75 Å². The first-order valence-corrected chi connectivity index (χ1v) is 4.91. The van der Waals surface area contributed by atoms with Gasteiger partial charge in [-0.3, -0.25) is 9.78 Å². The number of hydrogen-bond acceptors (Lipinski definition) is 3. The van der Waals surface area contributed by atoms with Crippen LogP contribution in [0.5, 0.6) is 0 Å². The Morgan fingerprint density at radius 2 is 2.08 bits per heavy atom. The van der Waals surface area contributed by atoms with E-state index in [1.807, 2.05) is 12.1 Å². The minimum absolute atomic E-state index is 0.0804. The average Bonchev–Trinajstić information content (AvgIpc) is 2.15. The maximum Gasteiger partial charge on any atom is 0.281 e. The molecular formula is C9H12N2OS. The first-order chi connectivity index (χ1) is 6.20. The van der Waals surface area contributed by atoms with Gasteiger partial charge in [-0.15, -0.1) is 0 Å². The highest BCUT2D eigenvalue weighted by Gasteiger charge is 2.03. The SMILES string of the molecule is CN(C)C(=O)SCc1ccncc1. The Morgan fingerprint density at radius 3 is 2.62 bits per heavy atom. The van der Waals surface area contributed by atoms with Crippen LogP contribution in [-0.4, -0.2) is 29.2 Å². The highest BCUT2D eigenvalue weighted by molar-refractivity contribution is 8.12. The Morgan fingerprint density at radius 1 is 1.46 bits per heavy atom. The second-order valence-electron chi connectivity index (χ2n) is 2.80. The molecule has 0 radical (unpaired) electrons. The topological polar surface area (TPSA) is 33.2 Å². The van der Waals surface area contributed by atoms with Crippen molar-refractivity contribution in [1.29, 1.82) is 0 Å². The van der Waals surface area contributed by atoms with Gasteiger partial charge in [-0.1, -0.05) is 11.8 Å². The zero-order chi connectivity index (χ0) is 9.68. The number of amides is 1. The van der Waals surface area contributed by atoms with E-state index >= 15 is 0 Å². The van der Waals surface area contributed by atoms with Crippen LogP contribution < -0.4 is 0 Å². The van der Waals surface area contributed by atoms with Gasteiger partial charge in [-0.2, -0.15) is 0 Å². The van der Waals surface area contributed by atoms with Gasteiger partial charge in [0.1, 0.15) is 0 Å². The monoisotopic (exact) mass is 196 g/mol. The van der Waals surface area contributed by atoms with Gasteiger partial charge in [0.2, 0.25) is 0 Å². The smallest absolute Gasteiger partial charge is 0.281 e. The Balaban J connectivity index is 2.40. The van der Waals surface area contributed by atoms with Crippen LogP contribution in [0.25, 0.3) is 0 Å². The molecule has 0 aromatic carbocycles. The molecule has 13 heavy (non-hydrogen) atoms. The highest BCUT2D eigenvalue weighted by Crippen LogP contribution is 2.13. The molecule has 0 unspecified atom stereocenters. The predicted molar refractivity (Wildman–Crippen MR) is 54.6 cm³/mol. The van der Waals surface area contributed by atoms with Gasteiger partial charge >= 0.3 is 0 Å². The summed E-state index contributed by atoms with van der Waals surface area (Å²) in [5.74, 6) is 0.708. The first-order valence-electron chi connectivity index (χ1n) is 3.93. The largest absolute Gasteiger partial charge is 0.340 e. The minimum atomic E-state index is 0.0804. The van der Waals surface area contributed by atoms with Crippen molar-refractivity contribution in [2.45, 2.75) is 5.75 Å². The number of carbonyl (C=O) groups excluding carboxylic acids is 1. The summed E-state index contributed by atoms with van der Waals surface area (Å²) in [7, 11) is 3.50. The lowest BCUT2D eigenvalue weighted by Crippen LogP contribution is -2.16. The van der Waals surface area contributed by atoms with E-state index in [0.717, 1.165) is 5.56 Å². The highest BCUT2D eigenvalue weighted by atomic mass is 32.2. The zero-order valence-electron chi connectivity index (χ0n) is 7.73. The van der Waals surface area contributed by atoms with Gasteiger partial charge in [0.25, 0.3) is 5.24 Å². The predicted octanol–water partition coefficient (Wildman–Crippen LogP) is 2.00. The molecule has 0 saturated carbocycles. The molecule has 0 aliphatic heterocycles. The molecule has 1 heterocycles. The number of hydrogen-bond donors (Lipinski definition) is 0. The maximum atomic E-state index is 11.2. The molecule has 0 fully saturated rings. The second-order valence-corrected chi connectivity index (χ2v) is 3.73. The molecule has 70 valence electrons. The Hall–Kier alpha value is -1.03.